The molecule has 0 radical (unpaired) electrons. The highest BCUT2D eigenvalue weighted by Gasteiger charge is 2.23. The molecule has 5 heteroatoms. The summed E-state index contributed by atoms with van der Waals surface area (Å²) in [6, 6.07) is 0. The zero-order chi connectivity index (χ0) is 12.9. The Bertz CT molecular complexity index is 633. The molecule has 0 aliphatic heterocycles. The number of nitrogens with zero attached hydrogens (tertiary/aromatic N) is 3. The van der Waals surface area contributed by atoms with Gasteiger partial charge in [0, 0.05) is 13.6 Å². The second-order valence-electron chi connectivity index (χ2n) is 5.73. The van der Waals surface area contributed by atoms with Crippen molar-refractivity contribution in [3.05, 3.63) is 10.5 Å². The lowest BCUT2D eigenvalue weighted by Gasteiger charge is -2.11. The molecule has 3 rings (SSSR count). The second-order valence-corrected chi connectivity index (χ2v) is 6.12. The van der Waals surface area contributed by atoms with Gasteiger partial charge in [0.2, 0.25) is 0 Å². The van der Waals surface area contributed by atoms with E-state index in [2.05, 4.69) is 21.6 Å². The Kier molecular flexibility index (Phi) is 2.81. The minimum Gasteiger partial charge on any atom is -0.328 e. The number of aromatic amines is 1. The van der Waals surface area contributed by atoms with Gasteiger partial charge in [0.25, 0.3) is 0 Å². The molecule has 0 amide bonds. The molecule has 2 unspecified atom stereocenters. The summed E-state index contributed by atoms with van der Waals surface area (Å²) in [6.07, 6.45) is 4.01. The van der Waals surface area contributed by atoms with Crippen LogP contribution in [0.5, 0.6) is 0 Å². The van der Waals surface area contributed by atoms with Crippen LogP contribution in [-0.4, -0.2) is 19.3 Å². The standard InChI is InChI=1S/C13H20N4S/c1-8-4-5-10(6-8)7-17-12-11(14-13(17)18)9(2)15-16(12)3/h8,10H,4-7H2,1-3H3,(H,14,18). The molecule has 0 saturated heterocycles. The molecule has 1 aliphatic rings. The molecule has 2 heterocycles. The molecule has 0 spiro atoms. The van der Waals surface area contributed by atoms with E-state index in [1.807, 2.05) is 18.7 Å². The monoisotopic (exact) mass is 264 g/mol. The quantitative estimate of drug-likeness (QED) is 0.846. The third-order valence-corrected chi connectivity index (χ3v) is 4.49. The minimum atomic E-state index is 0.765. The van der Waals surface area contributed by atoms with Gasteiger partial charge in [0.05, 0.1) is 5.69 Å². The molecule has 1 fully saturated rings. The van der Waals surface area contributed by atoms with Crippen LogP contribution in [0.15, 0.2) is 0 Å². The Hall–Kier alpha value is -1.10. The van der Waals surface area contributed by atoms with Crippen molar-refractivity contribution in [1.82, 2.24) is 19.3 Å². The van der Waals surface area contributed by atoms with Gasteiger partial charge in [-0.25, -0.2) is 0 Å². The van der Waals surface area contributed by atoms with Crippen molar-refractivity contribution in [3.8, 4) is 0 Å². The topological polar surface area (TPSA) is 38.5 Å². The third kappa shape index (κ3) is 1.81. The van der Waals surface area contributed by atoms with Crippen LogP contribution in [0.2, 0.25) is 0 Å². The van der Waals surface area contributed by atoms with Crippen molar-refractivity contribution < 1.29 is 0 Å². The Morgan fingerprint density at radius 2 is 2.22 bits per heavy atom. The summed E-state index contributed by atoms with van der Waals surface area (Å²) >= 11 is 5.46. The van der Waals surface area contributed by atoms with Crippen LogP contribution in [0.4, 0.5) is 0 Å². The van der Waals surface area contributed by atoms with Crippen LogP contribution in [0.3, 0.4) is 0 Å². The van der Waals surface area contributed by atoms with Crippen LogP contribution < -0.4 is 0 Å². The van der Waals surface area contributed by atoms with Crippen LogP contribution in [0.1, 0.15) is 31.9 Å². The molecule has 2 aromatic heterocycles. The van der Waals surface area contributed by atoms with Crippen molar-refractivity contribution in [2.75, 3.05) is 0 Å². The highest BCUT2D eigenvalue weighted by molar-refractivity contribution is 7.71. The lowest BCUT2D eigenvalue weighted by molar-refractivity contribution is 0.440. The number of aryl methyl sites for hydroxylation is 2. The number of hydrogen-bond donors (Lipinski definition) is 1. The lowest BCUT2D eigenvalue weighted by Crippen LogP contribution is -2.10. The Morgan fingerprint density at radius 3 is 2.89 bits per heavy atom. The maximum atomic E-state index is 5.46. The SMILES string of the molecule is Cc1nn(C)c2c1[nH]c(=S)n2CC1CCC(C)C1. The van der Waals surface area contributed by atoms with E-state index in [1.165, 1.54) is 19.3 Å². The van der Waals surface area contributed by atoms with Crippen LogP contribution in [-0.2, 0) is 13.6 Å². The molecule has 1 saturated carbocycles. The zero-order valence-corrected chi connectivity index (χ0v) is 12.0. The summed E-state index contributed by atoms with van der Waals surface area (Å²) in [5.74, 6) is 1.63. The van der Waals surface area contributed by atoms with Crippen LogP contribution in [0, 0.1) is 23.5 Å². The van der Waals surface area contributed by atoms with Gasteiger partial charge in [-0.3, -0.25) is 4.68 Å². The fourth-order valence-corrected chi connectivity index (χ4v) is 3.55. The normalized spacial score (nSPS) is 24.2. The molecular formula is C13H20N4S. The van der Waals surface area contributed by atoms with E-state index in [9.17, 15) is 0 Å². The molecule has 4 nitrogen and oxygen atoms in total. The minimum absolute atomic E-state index is 0.765. The van der Waals surface area contributed by atoms with E-state index in [4.69, 9.17) is 12.2 Å². The number of nitrogens with one attached hydrogen (secondary N) is 1. The zero-order valence-electron chi connectivity index (χ0n) is 11.2. The number of H-pyrrole nitrogens is 1. The van der Waals surface area contributed by atoms with E-state index in [1.54, 1.807) is 0 Å². The molecule has 1 N–H and O–H groups in total. The summed E-state index contributed by atoms with van der Waals surface area (Å²) in [4.78, 5) is 3.30. The van der Waals surface area contributed by atoms with Crippen molar-refractivity contribution in [2.45, 2.75) is 39.7 Å². The molecule has 0 aromatic carbocycles. The van der Waals surface area contributed by atoms with E-state index in [0.717, 1.165) is 40.0 Å². The Balaban J connectivity index is 2.01. The second kappa shape index (κ2) is 4.23. The smallest absolute Gasteiger partial charge is 0.179 e. The molecule has 2 atom stereocenters. The van der Waals surface area contributed by atoms with Gasteiger partial charge >= 0.3 is 0 Å². The summed E-state index contributed by atoms with van der Waals surface area (Å²) in [5, 5.41) is 4.46. The average molecular weight is 264 g/mol. The fourth-order valence-electron chi connectivity index (χ4n) is 3.29. The molecule has 0 bridgehead atoms. The molecule has 98 valence electrons. The predicted molar refractivity (Wildman–Crippen MR) is 75.1 cm³/mol. The van der Waals surface area contributed by atoms with Gasteiger partial charge in [-0.15, -0.1) is 0 Å². The Morgan fingerprint density at radius 1 is 1.44 bits per heavy atom. The average Bonchev–Trinajstić information content (AvgIpc) is 2.91. The molecule has 2 aromatic rings. The van der Waals surface area contributed by atoms with Gasteiger partial charge < -0.3 is 9.55 Å². The summed E-state index contributed by atoms with van der Waals surface area (Å²) in [5.41, 5.74) is 3.25. The first-order valence-corrected chi connectivity index (χ1v) is 7.09. The van der Waals surface area contributed by atoms with Gasteiger partial charge in [0.15, 0.2) is 10.4 Å². The lowest BCUT2D eigenvalue weighted by atomic mass is 10.1. The number of imidazole rings is 1. The van der Waals surface area contributed by atoms with E-state index in [0.29, 0.717) is 0 Å². The fraction of sp³-hybridized carbons (Fsp3) is 0.692. The van der Waals surface area contributed by atoms with E-state index >= 15 is 0 Å². The summed E-state index contributed by atoms with van der Waals surface area (Å²) in [7, 11) is 1.99. The van der Waals surface area contributed by atoms with Gasteiger partial charge in [-0.1, -0.05) is 13.3 Å². The number of hydrogen-bond acceptors (Lipinski definition) is 2. The van der Waals surface area contributed by atoms with Gasteiger partial charge in [0.1, 0.15) is 5.52 Å². The molecule has 18 heavy (non-hydrogen) atoms. The summed E-state index contributed by atoms with van der Waals surface area (Å²) < 4.78 is 5.00. The first kappa shape index (κ1) is 12.0. The van der Waals surface area contributed by atoms with Crippen molar-refractivity contribution in [2.24, 2.45) is 18.9 Å². The van der Waals surface area contributed by atoms with Crippen molar-refractivity contribution in [3.63, 3.8) is 0 Å². The van der Waals surface area contributed by atoms with Crippen LogP contribution in [0.25, 0.3) is 11.2 Å². The van der Waals surface area contributed by atoms with Crippen LogP contribution >= 0.6 is 12.2 Å². The van der Waals surface area contributed by atoms with E-state index in [-0.39, 0.29) is 0 Å². The van der Waals surface area contributed by atoms with Crippen molar-refractivity contribution in [1.29, 1.82) is 0 Å². The summed E-state index contributed by atoms with van der Waals surface area (Å²) in [6.45, 7) is 5.40. The highest BCUT2D eigenvalue weighted by atomic mass is 32.1. The molecular weight excluding hydrogens is 244 g/mol. The van der Waals surface area contributed by atoms with Gasteiger partial charge in [-0.2, -0.15) is 5.10 Å². The maximum Gasteiger partial charge on any atom is 0.179 e. The Labute approximate surface area is 112 Å². The number of rotatable bonds is 2. The van der Waals surface area contributed by atoms with Crippen molar-refractivity contribution >= 4 is 23.4 Å². The predicted octanol–water partition coefficient (Wildman–Crippen LogP) is 3.18. The van der Waals surface area contributed by atoms with E-state index < -0.39 is 0 Å². The maximum absolute atomic E-state index is 5.46. The number of fused-ring (bicyclic) bond motifs is 1. The van der Waals surface area contributed by atoms with Gasteiger partial charge in [-0.05, 0) is 43.8 Å². The number of aromatic nitrogens is 4. The molecule has 1 aliphatic carbocycles. The first-order chi connectivity index (χ1) is 8.56. The largest absolute Gasteiger partial charge is 0.328 e. The third-order valence-electron chi connectivity index (χ3n) is 4.17. The first-order valence-electron chi connectivity index (χ1n) is 6.68. The highest BCUT2D eigenvalue weighted by Crippen LogP contribution is 2.32.